The molecule has 11 nitrogen and oxygen atoms in total. The van der Waals surface area contributed by atoms with Crippen LogP contribution in [0.3, 0.4) is 0 Å². The van der Waals surface area contributed by atoms with Crippen LogP contribution in [0.15, 0.2) is 30.3 Å². The van der Waals surface area contributed by atoms with Crippen LogP contribution in [0.1, 0.15) is 48.8 Å². The molecule has 1 aliphatic heterocycles. The fourth-order valence-electron chi connectivity index (χ4n) is 4.92. The minimum absolute atomic E-state index is 0.106. The fourth-order valence-corrected chi connectivity index (χ4v) is 4.92. The predicted octanol–water partition coefficient (Wildman–Crippen LogP) is 2.48. The molecule has 40 heavy (non-hydrogen) atoms. The number of fused-ring (bicyclic) bond motifs is 3. The van der Waals surface area contributed by atoms with E-state index in [4.69, 9.17) is 15.2 Å². The van der Waals surface area contributed by atoms with Crippen molar-refractivity contribution in [3.8, 4) is 0 Å². The van der Waals surface area contributed by atoms with Crippen LogP contribution >= 0.6 is 0 Å². The van der Waals surface area contributed by atoms with E-state index in [1.54, 1.807) is 4.90 Å². The normalized spacial score (nSPS) is 13.4. The molecule has 0 atom stereocenters. The van der Waals surface area contributed by atoms with Crippen LogP contribution in [0.2, 0.25) is 0 Å². The van der Waals surface area contributed by atoms with E-state index in [0.29, 0.717) is 50.8 Å². The predicted molar refractivity (Wildman–Crippen MR) is 150 cm³/mol. The third kappa shape index (κ3) is 6.55. The molecule has 0 saturated heterocycles. The molecule has 11 heteroatoms. The first-order valence-corrected chi connectivity index (χ1v) is 13.5. The molecular formula is C29H39N5O6. The molecule has 0 aliphatic carbocycles. The standard InChI is InChI=1S/C29H39N5O6/c1-4-39-15-22-11-24-26(34(22)16-29(3,17-35)18-36)23-8-9-33(13-25(23)32-27(24)30)28(38)40-14-21-7-5-6-20(10-21)12-31-19(2)37/h5-7,10-11,35-36H,4,8-9,12-18H2,1-3H3,(H2,30,32)(H,31,37). The lowest BCUT2D eigenvalue weighted by atomic mass is 9.92. The van der Waals surface area contributed by atoms with Crippen LogP contribution in [0.25, 0.3) is 10.9 Å². The highest BCUT2D eigenvalue weighted by Crippen LogP contribution is 2.35. The van der Waals surface area contributed by atoms with Gasteiger partial charge < -0.3 is 40.2 Å². The number of hydrogen-bond acceptors (Lipinski definition) is 8. The molecule has 2 amide bonds. The van der Waals surface area contributed by atoms with Crippen LogP contribution in [-0.2, 0) is 53.5 Å². The monoisotopic (exact) mass is 553 g/mol. The third-order valence-electron chi connectivity index (χ3n) is 7.23. The Kier molecular flexibility index (Phi) is 9.28. The molecule has 0 unspecified atom stereocenters. The third-order valence-corrected chi connectivity index (χ3v) is 7.23. The smallest absolute Gasteiger partial charge is 0.410 e. The summed E-state index contributed by atoms with van der Waals surface area (Å²) in [5.74, 6) is 0.244. The Morgan fingerprint density at radius 3 is 2.62 bits per heavy atom. The number of anilines is 1. The largest absolute Gasteiger partial charge is 0.445 e. The topological polar surface area (TPSA) is 152 Å². The van der Waals surface area contributed by atoms with Gasteiger partial charge in [0.1, 0.15) is 12.4 Å². The summed E-state index contributed by atoms with van der Waals surface area (Å²) in [6, 6.07) is 9.50. The molecule has 0 radical (unpaired) electrons. The SMILES string of the molecule is CCOCc1cc2c(N)nc3c(c2n1CC(C)(CO)CO)CCN(C(=O)OCc1cccc(CNC(C)=O)c1)C3. The number of nitrogen functional groups attached to an aromatic ring is 1. The minimum Gasteiger partial charge on any atom is -0.445 e. The van der Waals surface area contributed by atoms with Gasteiger partial charge in [-0.1, -0.05) is 31.2 Å². The first-order valence-electron chi connectivity index (χ1n) is 13.5. The Labute approximate surface area is 233 Å². The van der Waals surface area contributed by atoms with Crippen molar-refractivity contribution < 1.29 is 29.3 Å². The number of carbonyl (C=O) groups excluding carboxylic acids is 2. The number of aromatic nitrogens is 2. The van der Waals surface area contributed by atoms with Crippen molar-refractivity contribution in [2.24, 2.45) is 5.41 Å². The lowest BCUT2D eigenvalue weighted by molar-refractivity contribution is -0.119. The van der Waals surface area contributed by atoms with Crippen molar-refractivity contribution in [2.45, 2.75) is 60.0 Å². The Hall–Kier alpha value is -3.67. The molecule has 3 heterocycles. The quantitative estimate of drug-likeness (QED) is 0.283. The molecule has 1 aromatic carbocycles. The van der Waals surface area contributed by atoms with E-state index in [1.165, 1.54) is 6.92 Å². The second-order valence-electron chi connectivity index (χ2n) is 10.6. The molecule has 2 aromatic heterocycles. The van der Waals surface area contributed by atoms with Gasteiger partial charge in [-0.25, -0.2) is 9.78 Å². The summed E-state index contributed by atoms with van der Waals surface area (Å²) in [5.41, 5.74) is 10.9. The van der Waals surface area contributed by atoms with E-state index in [1.807, 2.05) is 44.2 Å². The summed E-state index contributed by atoms with van der Waals surface area (Å²) < 4.78 is 13.4. The van der Waals surface area contributed by atoms with E-state index >= 15 is 0 Å². The first-order chi connectivity index (χ1) is 19.2. The highest BCUT2D eigenvalue weighted by Gasteiger charge is 2.30. The number of nitrogens with one attached hydrogen (secondary N) is 1. The van der Waals surface area contributed by atoms with Gasteiger partial charge in [-0.05, 0) is 30.5 Å². The van der Waals surface area contributed by atoms with E-state index < -0.39 is 11.5 Å². The highest BCUT2D eigenvalue weighted by molar-refractivity contribution is 5.93. The molecule has 0 saturated carbocycles. The molecule has 0 bridgehead atoms. The molecule has 3 aromatic rings. The van der Waals surface area contributed by atoms with Crippen molar-refractivity contribution in [1.29, 1.82) is 0 Å². The number of aliphatic hydroxyl groups is 2. The second-order valence-corrected chi connectivity index (χ2v) is 10.6. The van der Waals surface area contributed by atoms with Crippen LogP contribution < -0.4 is 11.1 Å². The number of hydrogen-bond donors (Lipinski definition) is 4. The number of carbonyl (C=O) groups is 2. The average molecular weight is 554 g/mol. The lowest BCUT2D eigenvalue weighted by Crippen LogP contribution is -2.37. The Balaban J connectivity index is 1.55. The summed E-state index contributed by atoms with van der Waals surface area (Å²) >= 11 is 0. The van der Waals surface area contributed by atoms with Gasteiger partial charge in [0, 0.05) is 55.2 Å². The number of aliphatic hydroxyl groups excluding tert-OH is 2. The summed E-state index contributed by atoms with van der Waals surface area (Å²) in [5, 5.41) is 23.5. The van der Waals surface area contributed by atoms with E-state index in [9.17, 15) is 19.8 Å². The van der Waals surface area contributed by atoms with Crippen LogP contribution in [0.5, 0.6) is 0 Å². The van der Waals surface area contributed by atoms with Gasteiger partial charge in [0.05, 0.1) is 37.6 Å². The summed E-state index contributed by atoms with van der Waals surface area (Å²) in [6.45, 7) is 7.32. The van der Waals surface area contributed by atoms with Crippen LogP contribution in [0.4, 0.5) is 10.6 Å². The van der Waals surface area contributed by atoms with Crippen LogP contribution in [-0.4, -0.2) is 63.0 Å². The van der Waals surface area contributed by atoms with Crippen LogP contribution in [0, 0.1) is 5.41 Å². The van der Waals surface area contributed by atoms with Gasteiger partial charge in [0.15, 0.2) is 0 Å². The molecule has 0 fully saturated rings. The first kappa shape index (κ1) is 29.3. The van der Waals surface area contributed by atoms with Gasteiger partial charge in [-0.15, -0.1) is 0 Å². The average Bonchev–Trinajstić information content (AvgIpc) is 3.31. The summed E-state index contributed by atoms with van der Waals surface area (Å²) in [6.07, 6.45) is 0.104. The Morgan fingerprint density at radius 2 is 1.93 bits per heavy atom. The Bertz CT molecular complexity index is 1370. The van der Waals surface area contributed by atoms with Crippen molar-refractivity contribution >= 4 is 28.7 Å². The molecule has 1 aliphatic rings. The number of rotatable bonds is 11. The zero-order valence-electron chi connectivity index (χ0n) is 23.4. The fraction of sp³-hybridized carbons (Fsp3) is 0.483. The minimum atomic E-state index is -0.748. The zero-order chi connectivity index (χ0) is 28.9. The molecule has 0 spiro atoms. The van der Waals surface area contributed by atoms with E-state index in [0.717, 1.165) is 33.3 Å². The number of nitrogens with zero attached hydrogens (tertiary/aromatic N) is 3. The Morgan fingerprint density at radius 1 is 1.18 bits per heavy atom. The number of nitrogens with two attached hydrogens (primary N) is 1. The van der Waals surface area contributed by atoms with Crippen molar-refractivity contribution in [1.82, 2.24) is 19.8 Å². The van der Waals surface area contributed by atoms with Gasteiger partial charge in [-0.2, -0.15) is 0 Å². The molecule has 216 valence electrons. The maximum atomic E-state index is 13.0. The lowest BCUT2D eigenvalue weighted by Gasteiger charge is -2.30. The number of ether oxygens (including phenoxy) is 2. The number of pyridine rings is 1. The van der Waals surface area contributed by atoms with Gasteiger partial charge >= 0.3 is 6.09 Å². The molecule has 5 N–H and O–H groups in total. The second kappa shape index (κ2) is 12.7. The summed E-state index contributed by atoms with van der Waals surface area (Å²) in [4.78, 5) is 30.5. The van der Waals surface area contributed by atoms with Gasteiger partial charge in [0.25, 0.3) is 0 Å². The highest BCUT2D eigenvalue weighted by atomic mass is 16.6. The zero-order valence-corrected chi connectivity index (χ0v) is 23.4. The molecular weight excluding hydrogens is 514 g/mol. The number of benzene rings is 1. The van der Waals surface area contributed by atoms with Gasteiger partial charge in [0.2, 0.25) is 5.91 Å². The van der Waals surface area contributed by atoms with Gasteiger partial charge in [-0.3, -0.25) is 4.79 Å². The van der Waals surface area contributed by atoms with Crippen molar-refractivity contribution in [3.63, 3.8) is 0 Å². The molecule has 4 rings (SSSR count). The van der Waals surface area contributed by atoms with E-state index in [2.05, 4.69) is 14.9 Å². The van der Waals surface area contributed by atoms with Crippen molar-refractivity contribution in [2.75, 3.05) is 32.1 Å². The van der Waals surface area contributed by atoms with Crippen molar-refractivity contribution in [3.05, 3.63) is 58.4 Å². The number of amides is 2. The summed E-state index contributed by atoms with van der Waals surface area (Å²) in [7, 11) is 0. The van der Waals surface area contributed by atoms with E-state index in [-0.39, 0.29) is 32.3 Å². The maximum absolute atomic E-state index is 13.0. The maximum Gasteiger partial charge on any atom is 0.410 e.